The minimum Gasteiger partial charge on any atom is -0.383 e. The summed E-state index contributed by atoms with van der Waals surface area (Å²) in [7, 11) is 0. The average molecular weight is 365 g/mol. The number of nitrogens with one attached hydrogen (secondary N) is 1. The van der Waals surface area contributed by atoms with Crippen LogP contribution in [0.1, 0.15) is 17.3 Å². The average Bonchev–Trinajstić information content (AvgIpc) is 2.70. The van der Waals surface area contributed by atoms with Crippen molar-refractivity contribution >= 4 is 16.6 Å². The van der Waals surface area contributed by atoms with Crippen molar-refractivity contribution in [1.29, 1.82) is 0 Å². The van der Waals surface area contributed by atoms with Gasteiger partial charge in [-0.05, 0) is 36.8 Å². The van der Waals surface area contributed by atoms with Crippen LogP contribution in [0.2, 0.25) is 0 Å². The normalized spacial score (nSPS) is 16.4. The van der Waals surface area contributed by atoms with E-state index in [1.54, 1.807) is 0 Å². The van der Waals surface area contributed by atoms with E-state index in [2.05, 4.69) is 27.3 Å². The van der Waals surface area contributed by atoms with Gasteiger partial charge in [-0.2, -0.15) is 0 Å². The van der Waals surface area contributed by atoms with Gasteiger partial charge in [0, 0.05) is 36.4 Å². The molecule has 0 amide bonds. The van der Waals surface area contributed by atoms with E-state index in [0.717, 1.165) is 60.7 Å². The maximum absolute atomic E-state index is 13.4. The Hall–Kier alpha value is -2.50. The van der Waals surface area contributed by atoms with Crippen LogP contribution in [0.4, 0.5) is 10.1 Å². The van der Waals surface area contributed by atoms with Crippen LogP contribution in [0.5, 0.6) is 0 Å². The third-order valence-corrected chi connectivity index (χ3v) is 5.07. The summed E-state index contributed by atoms with van der Waals surface area (Å²) in [5, 5.41) is 4.74. The Morgan fingerprint density at radius 3 is 2.63 bits per heavy atom. The Labute approximate surface area is 159 Å². The number of para-hydroxylation sites is 1. The third-order valence-electron chi connectivity index (χ3n) is 5.07. The second-order valence-electron chi connectivity index (χ2n) is 6.92. The maximum atomic E-state index is 13.4. The molecule has 140 valence electrons. The van der Waals surface area contributed by atoms with E-state index in [0.29, 0.717) is 0 Å². The smallest absolute Gasteiger partial charge is 0.123 e. The quantitative estimate of drug-likeness (QED) is 0.736. The lowest BCUT2D eigenvalue weighted by molar-refractivity contribution is 0.0187. The van der Waals surface area contributed by atoms with Crippen molar-refractivity contribution in [2.75, 3.05) is 38.2 Å². The molecule has 27 heavy (non-hydrogen) atoms. The van der Waals surface area contributed by atoms with Crippen LogP contribution in [-0.2, 0) is 4.74 Å². The molecule has 1 saturated heterocycles. The van der Waals surface area contributed by atoms with Gasteiger partial charge in [0.05, 0.1) is 24.8 Å². The summed E-state index contributed by atoms with van der Waals surface area (Å²) in [6.45, 7) is 5.96. The summed E-state index contributed by atoms with van der Waals surface area (Å²) in [5.74, 6) is -0.205. The fourth-order valence-electron chi connectivity index (χ4n) is 3.69. The van der Waals surface area contributed by atoms with Crippen molar-refractivity contribution in [3.05, 3.63) is 71.7 Å². The van der Waals surface area contributed by atoms with E-state index < -0.39 is 0 Å². The SMILES string of the molecule is Cc1cc(NC[C@@H](c2ccc(F)cc2)N2CCOCC2)c2ccccc2n1. The zero-order chi connectivity index (χ0) is 18.6. The molecule has 5 heteroatoms. The third kappa shape index (κ3) is 4.10. The molecule has 0 aliphatic carbocycles. The molecular weight excluding hydrogens is 341 g/mol. The number of anilines is 1. The van der Waals surface area contributed by atoms with Crippen molar-refractivity contribution < 1.29 is 9.13 Å². The van der Waals surface area contributed by atoms with E-state index in [-0.39, 0.29) is 11.9 Å². The standard InChI is InChI=1S/C22H24FN3O/c1-16-14-21(19-4-2-3-5-20(19)25-16)24-15-22(26-10-12-27-13-11-26)17-6-8-18(23)9-7-17/h2-9,14,22H,10-13,15H2,1H3,(H,24,25)/t22-/m0/s1. The second kappa shape index (κ2) is 8.03. The first-order valence-corrected chi connectivity index (χ1v) is 9.38. The molecule has 1 aliphatic heterocycles. The highest BCUT2D eigenvalue weighted by molar-refractivity contribution is 5.91. The lowest BCUT2D eigenvalue weighted by Crippen LogP contribution is -2.41. The van der Waals surface area contributed by atoms with Crippen LogP contribution in [-0.4, -0.2) is 42.7 Å². The molecule has 1 atom stereocenters. The maximum Gasteiger partial charge on any atom is 0.123 e. The Morgan fingerprint density at radius 1 is 1.11 bits per heavy atom. The fraction of sp³-hybridized carbons (Fsp3) is 0.318. The van der Waals surface area contributed by atoms with E-state index >= 15 is 0 Å². The highest BCUT2D eigenvalue weighted by Gasteiger charge is 2.23. The van der Waals surface area contributed by atoms with Crippen LogP contribution in [0, 0.1) is 12.7 Å². The molecule has 0 bridgehead atoms. The molecule has 0 unspecified atom stereocenters. The van der Waals surface area contributed by atoms with Crippen LogP contribution < -0.4 is 5.32 Å². The summed E-state index contributed by atoms with van der Waals surface area (Å²) in [6.07, 6.45) is 0. The lowest BCUT2D eigenvalue weighted by Gasteiger charge is -2.35. The Bertz CT molecular complexity index is 907. The number of aryl methyl sites for hydroxylation is 1. The molecule has 4 rings (SSSR count). The Balaban J connectivity index is 1.61. The monoisotopic (exact) mass is 365 g/mol. The zero-order valence-corrected chi connectivity index (χ0v) is 15.5. The van der Waals surface area contributed by atoms with Crippen LogP contribution in [0.15, 0.2) is 54.6 Å². The molecule has 0 spiro atoms. The number of benzene rings is 2. The van der Waals surface area contributed by atoms with E-state index in [4.69, 9.17) is 4.74 Å². The first kappa shape index (κ1) is 17.9. The van der Waals surface area contributed by atoms with E-state index in [1.807, 2.05) is 37.3 Å². The van der Waals surface area contributed by atoms with Gasteiger partial charge in [-0.15, -0.1) is 0 Å². The van der Waals surface area contributed by atoms with Crippen LogP contribution in [0.25, 0.3) is 10.9 Å². The van der Waals surface area contributed by atoms with Crippen LogP contribution >= 0.6 is 0 Å². The number of rotatable bonds is 5. The van der Waals surface area contributed by atoms with E-state index in [9.17, 15) is 4.39 Å². The number of aromatic nitrogens is 1. The molecule has 0 radical (unpaired) electrons. The molecule has 0 saturated carbocycles. The number of hydrogen-bond donors (Lipinski definition) is 1. The highest BCUT2D eigenvalue weighted by Crippen LogP contribution is 2.27. The largest absolute Gasteiger partial charge is 0.383 e. The van der Waals surface area contributed by atoms with Crippen molar-refractivity contribution in [3.8, 4) is 0 Å². The molecule has 1 aromatic heterocycles. The van der Waals surface area contributed by atoms with Gasteiger partial charge in [-0.25, -0.2) is 4.39 Å². The number of pyridine rings is 1. The van der Waals surface area contributed by atoms with Crippen molar-refractivity contribution in [1.82, 2.24) is 9.88 Å². The van der Waals surface area contributed by atoms with Gasteiger partial charge < -0.3 is 10.1 Å². The second-order valence-corrected chi connectivity index (χ2v) is 6.92. The molecule has 3 aromatic rings. The number of nitrogens with zero attached hydrogens (tertiary/aromatic N) is 2. The van der Waals surface area contributed by atoms with Gasteiger partial charge in [-0.3, -0.25) is 9.88 Å². The number of morpholine rings is 1. The van der Waals surface area contributed by atoms with Gasteiger partial charge in [0.2, 0.25) is 0 Å². The number of hydrogen-bond acceptors (Lipinski definition) is 4. The van der Waals surface area contributed by atoms with Crippen molar-refractivity contribution in [3.63, 3.8) is 0 Å². The first-order chi connectivity index (χ1) is 13.2. The minimum atomic E-state index is -0.205. The highest BCUT2D eigenvalue weighted by atomic mass is 19.1. The minimum absolute atomic E-state index is 0.154. The molecule has 2 aromatic carbocycles. The zero-order valence-electron chi connectivity index (χ0n) is 15.5. The molecule has 1 aliphatic rings. The summed E-state index contributed by atoms with van der Waals surface area (Å²) < 4.78 is 18.9. The first-order valence-electron chi connectivity index (χ1n) is 9.38. The molecular formula is C22H24FN3O. The van der Waals surface area contributed by atoms with Gasteiger partial charge in [-0.1, -0.05) is 30.3 Å². The number of fused-ring (bicyclic) bond motifs is 1. The number of halogens is 1. The summed E-state index contributed by atoms with van der Waals surface area (Å²) in [6, 6.07) is 17.2. The predicted octanol–water partition coefficient (Wildman–Crippen LogP) is 4.17. The molecule has 1 fully saturated rings. The molecule has 1 N–H and O–H groups in total. The van der Waals surface area contributed by atoms with Gasteiger partial charge in [0.1, 0.15) is 5.82 Å². The predicted molar refractivity (Wildman–Crippen MR) is 107 cm³/mol. The van der Waals surface area contributed by atoms with Gasteiger partial charge in [0.25, 0.3) is 0 Å². The van der Waals surface area contributed by atoms with Gasteiger partial charge >= 0.3 is 0 Å². The lowest BCUT2D eigenvalue weighted by atomic mass is 10.0. The summed E-state index contributed by atoms with van der Waals surface area (Å²) in [4.78, 5) is 7.02. The Kier molecular flexibility index (Phi) is 5.32. The Morgan fingerprint density at radius 2 is 1.85 bits per heavy atom. The van der Waals surface area contributed by atoms with Crippen molar-refractivity contribution in [2.24, 2.45) is 0 Å². The molecule has 4 nitrogen and oxygen atoms in total. The van der Waals surface area contributed by atoms with E-state index in [1.165, 1.54) is 12.1 Å². The summed E-state index contributed by atoms with van der Waals surface area (Å²) in [5.41, 5.74) is 4.17. The summed E-state index contributed by atoms with van der Waals surface area (Å²) >= 11 is 0. The van der Waals surface area contributed by atoms with Gasteiger partial charge in [0.15, 0.2) is 0 Å². The number of ether oxygens (including phenoxy) is 1. The van der Waals surface area contributed by atoms with Crippen molar-refractivity contribution in [2.45, 2.75) is 13.0 Å². The fourth-order valence-corrected chi connectivity index (χ4v) is 3.69. The topological polar surface area (TPSA) is 37.4 Å². The van der Waals surface area contributed by atoms with Crippen LogP contribution in [0.3, 0.4) is 0 Å². The molecule has 2 heterocycles.